The predicted octanol–water partition coefficient (Wildman–Crippen LogP) is 0.480. The van der Waals surface area contributed by atoms with Crippen LogP contribution in [-0.2, 0) is 14.3 Å². The van der Waals surface area contributed by atoms with Crippen molar-refractivity contribution in [3.05, 3.63) is 0 Å². The molecular weight excluding hydrogens is 158 g/mol. The predicted molar refractivity (Wildman–Crippen MR) is 40.1 cm³/mol. The molecule has 0 unspecified atom stereocenters. The monoisotopic (exact) mass is 169 g/mol. The first-order chi connectivity index (χ1) is 5.84. The highest BCUT2D eigenvalue weighted by Crippen LogP contribution is 2.15. The van der Waals surface area contributed by atoms with E-state index >= 15 is 0 Å². The molecule has 0 radical (unpaired) electrons. The number of hydrogen-bond acceptors (Lipinski definition) is 4. The second kappa shape index (κ2) is 4.73. The van der Waals surface area contributed by atoms with Gasteiger partial charge in [0.15, 0.2) is 6.61 Å². The Kier molecular flexibility index (Phi) is 3.55. The lowest BCUT2D eigenvalue weighted by Gasteiger charge is -2.19. The Labute approximate surface area is 71.1 Å². The number of ether oxygens (including phenoxy) is 2. The Morgan fingerprint density at radius 3 is 2.83 bits per heavy atom. The molecule has 0 aliphatic carbocycles. The molecule has 0 aromatic heterocycles. The molecule has 1 rings (SSSR count). The van der Waals surface area contributed by atoms with Crippen LogP contribution < -0.4 is 0 Å². The fourth-order valence-corrected chi connectivity index (χ4v) is 1.15. The summed E-state index contributed by atoms with van der Waals surface area (Å²) in [5.41, 5.74) is 0. The molecular formula is C8H11NO3. The Morgan fingerprint density at radius 1 is 1.58 bits per heavy atom. The van der Waals surface area contributed by atoms with E-state index in [0.29, 0.717) is 26.1 Å². The third kappa shape index (κ3) is 2.51. The fourth-order valence-electron chi connectivity index (χ4n) is 1.15. The van der Waals surface area contributed by atoms with Gasteiger partial charge in [-0.25, -0.2) is 0 Å². The van der Waals surface area contributed by atoms with Crippen LogP contribution in [0.1, 0.15) is 12.8 Å². The maximum atomic E-state index is 11.1. The minimum atomic E-state index is -0.264. The highest BCUT2D eigenvalue weighted by molar-refractivity contribution is 5.72. The lowest BCUT2D eigenvalue weighted by atomic mass is 10.0. The van der Waals surface area contributed by atoms with Crippen molar-refractivity contribution in [3.63, 3.8) is 0 Å². The van der Waals surface area contributed by atoms with E-state index in [2.05, 4.69) is 4.74 Å². The van der Waals surface area contributed by atoms with Crippen molar-refractivity contribution in [1.29, 1.82) is 5.26 Å². The number of rotatable bonds is 2. The second-order valence-electron chi connectivity index (χ2n) is 2.65. The summed E-state index contributed by atoms with van der Waals surface area (Å²) >= 11 is 0. The van der Waals surface area contributed by atoms with Crippen molar-refractivity contribution in [1.82, 2.24) is 0 Å². The van der Waals surface area contributed by atoms with Crippen molar-refractivity contribution in [2.24, 2.45) is 5.92 Å². The van der Waals surface area contributed by atoms with Crippen molar-refractivity contribution >= 4 is 5.97 Å². The largest absolute Gasteiger partial charge is 0.450 e. The van der Waals surface area contributed by atoms with Gasteiger partial charge in [0.25, 0.3) is 0 Å². The van der Waals surface area contributed by atoms with Gasteiger partial charge in [-0.2, -0.15) is 5.26 Å². The summed E-state index contributed by atoms with van der Waals surface area (Å²) in [6, 6.07) is 1.76. The molecule has 4 heteroatoms. The van der Waals surface area contributed by atoms with Gasteiger partial charge in [-0.1, -0.05) is 0 Å². The number of nitriles is 1. The van der Waals surface area contributed by atoms with Crippen LogP contribution in [0.25, 0.3) is 0 Å². The Morgan fingerprint density at radius 2 is 2.25 bits per heavy atom. The normalized spacial score (nSPS) is 18.2. The van der Waals surface area contributed by atoms with E-state index in [9.17, 15) is 4.79 Å². The molecule has 12 heavy (non-hydrogen) atoms. The number of carbonyl (C=O) groups is 1. The van der Waals surface area contributed by atoms with E-state index in [-0.39, 0.29) is 18.5 Å². The van der Waals surface area contributed by atoms with Crippen molar-refractivity contribution in [2.45, 2.75) is 12.8 Å². The average Bonchev–Trinajstić information content (AvgIpc) is 2.15. The van der Waals surface area contributed by atoms with Gasteiger partial charge in [0, 0.05) is 13.2 Å². The zero-order valence-electron chi connectivity index (χ0n) is 6.78. The highest BCUT2D eigenvalue weighted by Gasteiger charge is 2.22. The summed E-state index contributed by atoms with van der Waals surface area (Å²) in [6.45, 7) is 1.09. The summed E-state index contributed by atoms with van der Waals surface area (Å²) in [6.07, 6.45) is 1.43. The Hall–Kier alpha value is -1.08. The Balaban J connectivity index is 2.26. The first-order valence-electron chi connectivity index (χ1n) is 3.96. The number of hydrogen-bond donors (Lipinski definition) is 0. The van der Waals surface area contributed by atoms with Crippen LogP contribution in [0.5, 0.6) is 0 Å². The molecule has 4 nitrogen and oxygen atoms in total. The van der Waals surface area contributed by atoms with Gasteiger partial charge in [-0.15, -0.1) is 0 Å². The zero-order valence-corrected chi connectivity index (χ0v) is 6.78. The minimum Gasteiger partial charge on any atom is -0.450 e. The average molecular weight is 169 g/mol. The molecule has 1 heterocycles. The van der Waals surface area contributed by atoms with E-state index in [1.165, 1.54) is 0 Å². The molecule has 0 aromatic carbocycles. The van der Waals surface area contributed by atoms with Gasteiger partial charge in [0.1, 0.15) is 6.07 Å². The van der Waals surface area contributed by atoms with E-state index in [0.717, 1.165) is 0 Å². The molecule has 0 bridgehead atoms. The molecule has 1 fully saturated rings. The van der Waals surface area contributed by atoms with Gasteiger partial charge < -0.3 is 9.47 Å². The quantitative estimate of drug-likeness (QED) is 0.564. The van der Waals surface area contributed by atoms with E-state index in [1.807, 2.05) is 0 Å². The molecule has 0 atom stereocenters. The van der Waals surface area contributed by atoms with Gasteiger partial charge in [0.2, 0.25) is 0 Å². The van der Waals surface area contributed by atoms with Gasteiger partial charge in [-0.05, 0) is 12.8 Å². The topological polar surface area (TPSA) is 59.3 Å². The summed E-state index contributed by atoms with van der Waals surface area (Å²) in [7, 11) is 0. The molecule has 1 aliphatic heterocycles. The van der Waals surface area contributed by atoms with E-state index < -0.39 is 0 Å². The van der Waals surface area contributed by atoms with Crippen LogP contribution in [0.15, 0.2) is 0 Å². The van der Waals surface area contributed by atoms with Crippen molar-refractivity contribution in [3.8, 4) is 6.07 Å². The summed E-state index contributed by atoms with van der Waals surface area (Å²) in [4.78, 5) is 11.1. The smallest absolute Gasteiger partial charge is 0.310 e. The third-order valence-corrected chi connectivity index (χ3v) is 1.83. The first-order valence-corrected chi connectivity index (χ1v) is 3.96. The number of carbonyl (C=O) groups excluding carboxylic acids is 1. The molecule has 0 N–H and O–H groups in total. The molecule has 66 valence electrons. The number of nitrogens with zero attached hydrogens (tertiary/aromatic N) is 1. The molecule has 0 spiro atoms. The van der Waals surface area contributed by atoms with E-state index in [4.69, 9.17) is 10.00 Å². The van der Waals surface area contributed by atoms with Crippen LogP contribution in [0.3, 0.4) is 0 Å². The van der Waals surface area contributed by atoms with E-state index in [1.54, 1.807) is 6.07 Å². The highest BCUT2D eigenvalue weighted by atomic mass is 16.5. The lowest BCUT2D eigenvalue weighted by Crippen LogP contribution is -2.25. The zero-order chi connectivity index (χ0) is 8.81. The molecule has 1 aliphatic rings. The molecule has 1 saturated heterocycles. The molecule has 0 amide bonds. The summed E-state index contributed by atoms with van der Waals surface area (Å²) < 4.78 is 9.76. The van der Waals surface area contributed by atoms with Crippen LogP contribution in [0, 0.1) is 17.2 Å². The maximum Gasteiger partial charge on any atom is 0.310 e. The Bertz CT molecular complexity index is 191. The van der Waals surface area contributed by atoms with Crippen LogP contribution in [-0.4, -0.2) is 25.8 Å². The summed E-state index contributed by atoms with van der Waals surface area (Å²) in [5.74, 6) is -0.327. The van der Waals surface area contributed by atoms with Crippen molar-refractivity contribution in [2.75, 3.05) is 19.8 Å². The van der Waals surface area contributed by atoms with Crippen LogP contribution >= 0.6 is 0 Å². The third-order valence-electron chi connectivity index (χ3n) is 1.83. The second-order valence-corrected chi connectivity index (χ2v) is 2.65. The van der Waals surface area contributed by atoms with Gasteiger partial charge in [-0.3, -0.25) is 4.79 Å². The van der Waals surface area contributed by atoms with Gasteiger partial charge >= 0.3 is 5.97 Å². The standard InChI is InChI=1S/C8H11NO3/c9-3-6-12-8(10)7-1-4-11-5-2-7/h7H,1-2,4-6H2. The van der Waals surface area contributed by atoms with Crippen LogP contribution in [0.4, 0.5) is 0 Å². The van der Waals surface area contributed by atoms with Crippen LogP contribution in [0.2, 0.25) is 0 Å². The lowest BCUT2D eigenvalue weighted by molar-refractivity contribution is -0.150. The molecule has 0 saturated carbocycles. The molecule has 0 aromatic rings. The number of esters is 1. The van der Waals surface area contributed by atoms with Crippen molar-refractivity contribution < 1.29 is 14.3 Å². The SMILES string of the molecule is N#CCOC(=O)C1CCOCC1. The first kappa shape index (κ1) is 9.01. The maximum absolute atomic E-state index is 11.1. The summed E-state index contributed by atoms with van der Waals surface area (Å²) in [5, 5.41) is 8.16. The minimum absolute atomic E-state index is 0.0629. The fraction of sp³-hybridized carbons (Fsp3) is 0.750. The van der Waals surface area contributed by atoms with Gasteiger partial charge in [0.05, 0.1) is 5.92 Å².